The lowest BCUT2D eigenvalue weighted by molar-refractivity contribution is 0.321. The number of rotatable bonds is 2. The van der Waals surface area contributed by atoms with Crippen LogP contribution in [0.4, 0.5) is 0 Å². The van der Waals surface area contributed by atoms with Crippen molar-refractivity contribution in [3.05, 3.63) is 23.8 Å². The first kappa shape index (κ1) is 7.55. The second-order valence-electron chi connectivity index (χ2n) is 2.74. The van der Waals surface area contributed by atoms with Gasteiger partial charge < -0.3 is 5.11 Å². The summed E-state index contributed by atoms with van der Waals surface area (Å²) < 4.78 is 0. The highest BCUT2D eigenvalue weighted by Gasteiger charge is 2.07. The topological polar surface area (TPSA) is 20.2 Å². The predicted octanol–water partition coefficient (Wildman–Crippen LogP) is 1.89. The molecule has 1 N–H and O–H groups in total. The number of aliphatic hydroxyl groups is 1. The van der Waals surface area contributed by atoms with Gasteiger partial charge in [0.1, 0.15) is 0 Å². The monoisotopic (exact) mass is 138 g/mol. The quantitative estimate of drug-likeness (QED) is 0.617. The Labute approximate surface area is 62.1 Å². The minimum atomic E-state index is 0.223. The summed E-state index contributed by atoms with van der Waals surface area (Å²) in [6.07, 6.45) is 8.48. The molecule has 0 amide bonds. The normalized spacial score (nSPS) is 24.6. The molecule has 0 aromatic heterocycles. The van der Waals surface area contributed by atoms with Crippen molar-refractivity contribution in [2.45, 2.75) is 19.8 Å². The Bertz CT molecular complexity index is 156. The number of hydrogen-bond donors (Lipinski definition) is 1. The summed E-state index contributed by atoms with van der Waals surface area (Å²) in [7, 11) is 0. The first-order chi connectivity index (χ1) is 4.86. The van der Waals surface area contributed by atoms with Crippen LogP contribution in [0.1, 0.15) is 19.8 Å². The van der Waals surface area contributed by atoms with Crippen LogP contribution in [0, 0.1) is 5.92 Å². The van der Waals surface area contributed by atoms with Gasteiger partial charge in [0.2, 0.25) is 0 Å². The molecule has 10 heavy (non-hydrogen) atoms. The molecule has 1 aliphatic carbocycles. The van der Waals surface area contributed by atoms with Crippen LogP contribution in [0.15, 0.2) is 23.8 Å². The largest absolute Gasteiger partial charge is 0.392 e. The predicted molar refractivity (Wildman–Crippen MR) is 42.7 cm³/mol. The van der Waals surface area contributed by atoms with Gasteiger partial charge in [-0.05, 0) is 24.3 Å². The van der Waals surface area contributed by atoms with Gasteiger partial charge in [-0.3, -0.25) is 0 Å². The van der Waals surface area contributed by atoms with Gasteiger partial charge in [-0.1, -0.05) is 25.2 Å². The van der Waals surface area contributed by atoms with Crippen molar-refractivity contribution < 1.29 is 5.11 Å². The lowest BCUT2D eigenvalue weighted by Gasteiger charge is -2.14. The molecule has 0 radical (unpaired) electrons. The van der Waals surface area contributed by atoms with Gasteiger partial charge in [0.05, 0.1) is 6.61 Å². The van der Waals surface area contributed by atoms with Crippen molar-refractivity contribution in [1.29, 1.82) is 0 Å². The summed E-state index contributed by atoms with van der Waals surface area (Å²) in [5.41, 5.74) is 1.16. The molecule has 0 aliphatic heterocycles. The Hall–Kier alpha value is -0.560. The molecule has 1 nitrogen and oxygen atoms in total. The first-order valence-corrected chi connectivity index (χ1v) is 3.84. The molecule has 0 fully saturated rings. The van der Waals surface area contributed by atoms with Gasteiger partial charge in [0.25, 0.3) is 0 Å². The summed E-state index contributed by atoms with van der Waals surface area (Å²) in [6.45, 7) is 2.40. The highest BCUT2D eigenvalue weighted by Crippen LogP contribution is 2.20. The van der Waals surface area contributed by atoms with E-state index in [1.807, 2.05) is 12.2 Å². The molecule has 0 aromatic rings. The average Bonchev–Trinajstić information content (AvgIpc) is 2.05. The molecule has 0 saturated carbocycles. The van der Waals surface area contributed by atoms with Crippen LogP contribution < -0.4 is 0 Å². The Balaban J connectivity index is 2.50. The Morgan fingerprint density at radius 2 is 2.50 bits per heavy atom. The summed E-state index contributed by atoms with van der Waals surface area (Å²) in [4.78, 5) is 0. The van der Waals surface area contributed by atoms with Crippen molar-refractivity contribution in [3.63, 3.8) is 0 Å². The van der Waals surface area contributed by atoms with E-state index < -0.39 is 0 Å². The van der Waals surface area contributed by atoms with Gasteiger partial charge in [-0.2, -0.15) is 0 Å². The molecule has 0 bridgehead atoms. The van der Waals surface area contributed by atoms with E-state index in [4.69, 9.17) is 5.11 Å². The molecule has 1 aliphatic rings. The Kier molecular flexibility index (Phi) is 2.69. The van der Waals surface area contributed by atoms with E-state index in [0.29, 0.717) is 5.92 Å². The van der Waals surface area contributed by atoms with E-state index >= 15 is 0 Å². The first-order valence-electron chi connectivity index (χ1n) is 3.84. The van der Waals surface area contributed by atoms with Crippen molar-refractivity contribution in [3.8, 4) is 0 Å². The number of aliphatic hydroxyl groups excluding tert-OH is 1. The molecule has 0 aromatic carbocycles. The van der Waals surface area contributed by atoms with Gasteiger partial charge in [0, 0.05) is 0 Å². The maximum atomic E-state index is 8.80. The molecular weight excluding hydrogens is 124 g/mol. The van der Waals surface area contributed by atoms with Gasteiger partial charge in [-0.25, -0.2) is 0 Å². The summed E-state index contributed by atoms with van der Waals surface area (Å²) >= 11 is 0. The third kappa shape index (κ3) is 1.71. The zero-order chi connectivity index (χ0) is 7.40. The van der Waals surface area contributed by atoms with Crippen LogP contribution in [-0.2, 0) is 0 Å². The highest BCUT2D eigenvalue weighted by atomic mass is 16.3. The lowest BCUT2D eigenvalue weighted by Crippen LogP contribution is -2.03. The fourth-order valence-corrected chi connectivity index (χ4v) is 1.22. The van der Waals surface area contributed by atoms with Crippen LogP contribution in [0.3, 0.4) is 0 Å². The number of hydrogen-bond acceptors (Lipinski definition) is 1. The molecule has 0 saturated heterocycles. The highest BCUT2D eigenvalue weighted by molar-refractivity contribution is 5.19. The second kappa shape index (κ2) is 3.57. The average molecular weight is 138 g/mol. The molecule has 1 atom stereocenters. The third-order valence-corrected chi connectivity index (χ3v) is 1.97. The molecule has 1 unspecified atom stereocenters. The summed E-state index contributed by atoms with van der Waals surface area (Å²) in [5, 5.41) is 8.80. The zero-order valence-corrected chi connectivity index (χ0v) is 6.38. The Morgan fingerprint density at radius 1 is 1.70 bits per heavy atom. The van der Waals surface area contributed by atoms with Gasteiger partial charge in [0.15, 0.2) is 0 Å². The molecule has 1 heteroatoms. The third-order valence-electron chi connectivity index (χ3n) is 1.97. The van der Waals surface area contributed by atoms with Crippen LogP contribution in [-0.4, -0.2) is 11.7 Å². The van der Waals surface area contributed by atoms with Crippen LogP contribution in [0.25, 0.3) is 0 Å². The van der Waals surface area contributed by atoms with E-state index in [1.165, 1.54) is 6.42 Å². The molecule has 1 rings (SSSR count). The van der Waals surface area contributed by atoms with Crippen molar-refractivity contribution >= 4 is 0 Å². The second-order valence-corrected chi connectivity index (χ2v) is 2.74. The standard InChI is InChI=1S/C9H14O/c1-2-8-4-3-5-9(6-8)7-10/h3-5,8,10H,2,6-7H2,1H3. The molecular formula is C9H14O. The lowest BCUT2D eigenvalue weighted by atomic mass is 9.93. The summed E-state index contributed by atoms with van der Waals surface area (Å²) in [5.74, 6) is 0.659. The number of allylic oxidation sites excluding steroid dienone is 3. The van der Waals surface area contributed by atoms with Crippen molar-refractivity contribution in [2.75, 3.05) is 6.61 Å². The smallest absolute Gasteiger partial charge is 0.0645 e. The van der Waals surface area contributed by atoms with E-state index in [-0.39, 0.29) is 6.61 Å². The molecule has 0 heterocycles. The van der Waals surface area contributed by atoms with Crippen molar-refractivity contribution in [2.24, 2.45) is 5.92 Å². The van der Waals surface area contributed by atoms with E-state index in [1.54, 1.807) is 0 Å². The van der Waals surface area contributed by atoms with Gasteiger partial charge >= 0.3 is 0 Å². The van der Waals surface area contributed by atoms with Crippen molar-refractivity contribution in [1.82, 2.24) is 0 Å². The maximum absolute atomic E-state index is 8.80. The molecule has 56 valence electrons. The van der Waals surface area contributed by atoms with E-state index in [0.717, 1.165) is 12.0 Å². The van der Waals surface area contributed by atoms with Crippen LogP contribution in [0.5, 0.6) is 0 Å². The SMILES string of the molecule is CCC1C=CC=C(CO)C1. The summed E-state index contributed by atoms with van der Waals surface area (Å²) in [6, 6.07) is 0. The van der Waals surface area contributed by atoms with Crippen LogP contribution >= 0.6 is 0 Å². The van der Waals surface area contributed by atoms with E-state index in [9.17, 15) is 0 Å². The fraction of sp³-hybridized carbons (Fsp3) is 0.556. The Morgan fingerprint density at radius 3 is 3.10 bits per heavy atom. The van der Waals surface area contributed by atoms with Crippen LogP contribution in [0.2, 0.25) is 0 Å². The minimum Gasteiger partial charge on any atom is -0.392 e. The molecule has 0 spiro atoms. The minimum absolute atomic E-state index is 0.223. The fourth-order valence-electron chi connectivity index (χ4n) is 1.22. The van der Waals surface area contributed by atoms with E-state index in [2.05, 4.69) is 13.0 Å². The van der Waals surface area contributed by atoms with Gasteiger partial charge in [-0.15, -0.1) is 0 Å². The maximum Gasteiger partial charge on any atom is 0.0645 e. The zero-order valence-electron chi connectivity index (χ0n) is 6.38.